The number of sulfone groups is 1. The molecule has 0 aromatic heterocycles. The lowest BCUT2D eigenvalue weighted by atomic mass is 10.0. The zero-order valence-corrected chi connectivity index (χ0v) is 21.9. The van der Waals surface area contributed by atoms with Gasteiger partial charge in [0.2, 0.25) is 5.91 Å². The van der Waals surface area contributed by atoms with Gasteiger partial charge in [-0.05, 0) is 48.4 Å². The minimum absolute atomic E-state index is 0.00113. The maximum absolute atomic E-state index is 12.6. The first kappa shape index (κ1) is 28.8. The standard InChI is InChI=1S/C27H40N2O5S/c1-21(2)14-16-35(32,33)15-8-13-27(31)29-25(18-22-9-5-4-6-10-22)26(30)20-28-19-23-11-7-12-24(17-23)34-3/h4-7,9-12,17,21,25-26,28,30H,8,13-16,18-20H2,1-3H3,(H,29,31)/t25-,26+/m0/s1. The van der Waals surface area contributed by atoms with Crippen molar-refractivity contribution < 1.29 is 23.1 Å². The Kier molecular flexibility index (Phi) is 12.2. The second kappa shape index (κ2) is 14.9. The molecule has 7 nitrogen and oxygen atoms in total. The quantitative estimate of drug-likeness (QED) is 0.325. The maximum Gasteiger partial charge on any atom is 0.220 e. The molecule has 0 aliphatic carbocycles. The van der Waals surface area contributed by atoms with Crippen molar-refractivity contribution in [1.82, 2.24) is 10.6 Å². The van der Waals surface area contributed by atoms with E-state index in [0.29, 0.717) is 31.8 Å². The molecule has 0 aliphatic heterocycles. The molecule has 0 heterocycles. The number of benzene rings is 2. The predicted octanol–water partition coefficient (Wildman–Crippen LogP) is 3.11. The molecular formula is C27H40N2O5S. The highest BCUT2D eigenvalue weighted by molar-refractivity contribution is 7.91. The van der Waals surface area contributed by atoms with Gasteiger partial charge in [-0.25, -0.2) is 8.42 Å². The van der Waals surface area contributed by atoms with E-state index in [-0.39, 0.29) is 30.3 Å². The first-order chi connectivity index (χ1) is 16.7. The van der Waals surface area contributed by atoms with Crippen molar-refractivity contribution in [2.75, 3.05) is 25.2 Å². The number of carbonyl (C=O) groups is 1. The molecule has 3 N–H and O–H groups in total. The van der Waals surface area contributed by atoms with Crippen molar-refractivity contribution in [2.24, 2.45) is 5.92 Å². The minimum atomic E-state index is -3.16. The molecule has 1 amide bonds. The Hall–Kier alpha value is -2.42. The number of ether oxygens (including phenoxy) is 1. The van der Waals surface area contributed by atoms with Crippen molar-refractivity contribution in [1.29, 1.82) is 0 Å². The zero-order valence-electron chi connectivity index (χ0n) is 21.1. The Bertz CT molecular complexity index is 996. The molecule has 194 valence electrons. The molecule has 2 atom stereocenters. The molecular weight excluding hydrogens is 464 g/mol. The van der Waals surface area contributed by atoms with Gasteiger partial charge < -0.3 is 20.5 Å². The summed E-state index contributed by atoms with van der Waals surface area (Å²) < 4.78 is 29.6. The summed E-state index contributed by atoms with van der Waals surface area (Å²) in [5.74, 6) is 0.995. The van der Waals surface area contributed by atoms with E-state index in [1.165, 1.54) is 0 Å². The lowest BCUT2D eigenvalue weighted by molar-refractivity contribution is -0.122. The topological polar surface area (TPSA) is 105 Å². The van der Waals surface area contributed by atoms with Crippen molar-refractivity contribution in [2.45, 2.75) is 58.2 Å². The summed E-state index contributed by atoms with van der Waals surface area (Å²) in [6, 6.07) is 16.9. The number of aliphatic hydroxyl groups excluding tert-OH is 1. The van der Waals surface area contributed by atoms with Gasteiger partial charge in [0.05, 0.1) is 30.8 Å². The molecule has 0 unspecified atom stereocenters. The number of amides is 1. The van der Waals surface area contributed by atoms with Gasteiger partial charge >= 0.3 is 0 Å². The summed E-state index contributed by atoms with van der Waals surface area (Å²) in [7, 11) is -1.54. The first-order valence-electron chi connectivity index (χ1n) is 12.2. The Balaban J connectivity index is 1.90. The molecule has 0 saturated carbocycles. The van der Waals surface area contributed by atoms with Gasteiger partial charge in [-0.3, -0.25) is 4.79 Å². The average molecular weight is 505 g/mol. The van der Waals surface area contributed by atoms with Crippen LogP contribution in [-0.4, -0.2) is 56.7 Å². The highest BCUT2D eigenvalue weighted by atomic mass is 32.2. The predicted molar refractivity (Wildman–Crippen MR) is 140 cm³/mol. The monoisotopic (exact) mass is 504 g/mol. The van der Waals surface area contributed by atoms with Crippen molar-refractivity contribution >= 4 is 15.7 Å². The Labute approximate surface area is 210 Å². The van der Waals surface area contributed by atoms with Crippen molar-refractivity contribution in [3.05, 3.63) is 65.7 Å². The summed E-state index contributed by atoms with van der Waals surface area (Å²) in [6.45, 7) is 4.83. The van der Waals surface area contributed by atoms with E-state index in [2.05, 4.69) is 10.6 Å². The highest BCUT2D eigenvalue weighted by Crippen LogP contribution is 2.13. The third-order valence-corrected chi connectivity index (χ3v) is 7.56. The fraction of sp³-hybridized carbons (Fsp3) is 0.519. The van der Waals surface area contributed by atoms with E-state index in [0.717, 1.165) is 16.9 Å². The van der Waals surface area contributed by atoms with E-state index in [1.807, 2.05) is 68.4 Å². The van der Waals surface area contributed by atoms with Crippen LogP contribution in [0.5, 0.6) is 5.75 Å². The van der Waals surface area contributed by atoms with Gasteiger partial charge in [-0.1, -0.05) is 56.3 Å². The van der Waals surface area contributed by atoms with Crippen molar-refractivity contribution in [3.8, 4) is 5.75 Å². The molecule has 0 fully saturated rings. The first-order valence-corrected chi connectivity index (χ1v) is 14.1. The molecule has 2 aromatic rings. The molecule has 2 rings (SSSR count). The van der Waals surface area contributed by atoms with Crippen LogP contribution >= 0.6 is 0 Å². The van der Waals surface area contributed by atoms with Crippen LogP contribution in [0.1, 0.15) is 44.2 Å². The number of hydrogen-bond donors (Lipinski definition) is 3. The molecule has 0 spiro atoms. The average Bonchev–Trinajstić information content (AvgIpc) is 2.83. The van der Waals surface area contributed by atoms with E-state index in [1.54, 1.807) is 7.11 Å². The summed E-state index contributed by atoms with van der Waals surface area (Å²) in [6.07, 6.45) is 0.661. The third-order valence-electron chi connectivity index (χ3n) is 5.79. The van der Waals surface area contributed by atoms with Crippen LogP contribution in [-0.2, 0) is 27.6 Å². The summed E-state index contributed by atoms with van der Waals surface area (Å²) in [4.78, 5) is 12.6. The highest BCUT2D eigenvalue weighted by Gasteiger charge is 2.22. The Morgan fingerprint density at radius 2 is 1.74 bits per heavy atom. The van der Waals surface area contributed by atoms with Crippen molar-refractivity contribution in [3.63, 3.8) is 0 Å². The van der Waals surface area contributed by atoms with E-state index < -0.39 is 22.0 Å². The molecule has 0 saturated heterocycles. The normalized spacial score (nSPS) is 13.4. The SMILES string of the molecule is COc1cccc(CNC[C@@H](O)[C@H](Cc2ccccc2)NC(=O)CCCS(=O)(=O)CCC(C)C)c1. The van der Waals surface area contributed by atoms with Gasteiger partial charge in [0, 0.05) is 19.5 Å². The van der Waals surface area contributed by atoms with Crippen LogP contribution in [0.25, 0.3) is 0 Å². The number of aliphatic hydroxyl groups is 1. The second-order valence-electron chi connectivity index (χ2n) is 9.35. The fourth-order valence-electron chi connectivity index (χ4n) is 3.69. The Morgan fingerprint density at radius 3 is 2.43 bits per heavy atom. The smallest absolute Gasteiger partial charge is 0.220 e. The number of rotatable bonds is 16. The van der Waals surface area contributed by atoms with Crippen LogP contribution in [0.15, 0.2) is 54.6 Å². The van der Waals surface area contributed by atoms with E-state index in [4.69, 9.17) is 4.74 Å². The molecule has 35 heavy (non-hydrogen) atoms. The van der Waals surface area contributed by atoms with Gasteiger partial charge in [0.15, 0.2) is 0 Å². The van der Waals surface area contributed by atoms with Crippen LogP contribution in [0.2, 0.25) is 0 Å². The number of methoxy groups -OCH3 is 1. The molecule has 0 radical (unpaired) electrons. The van der Waals surface area contributed by atoms with E-state index >= 15 is 0 Å². The zero-order chi connectivity index (χ0) is 25.7. The van der Waals surface area contributed by atoms with Gasteiger partial charge in [-0.2, -0.15) is 0 Å². The van der Waals surface area contributed by atoms with Gasteiger partial charge in [0.1, 0.15) is 15.6 Å². The van der Waals surface area contributed by atoms with Crippen LogP contribution < -0.4 is 15.4 Å². The number of nitrogens with one attached hydrogen (secondary N) is 2. The summed E-state index contributed by atoms with van der Waals surface area (Å²) in [5, 5.41) is 17.0. The van der Waals surface area contributed by atoms with Gasteiger partial charge in [0.25, 0.3) is 0 Å². The van der Waals surface area contributed by atoms with Crippen LogP contribution in [0.3, 0.4) is 0 Å². The largest absolute Gasteiger partial charge is 0.497 e. The van der Waals surface area contributed by atoms with Crippen LogP contribution in [0.4, 0.5) is 0 Å². The minimum Gasteiger partial charge on any atom is -0.497 e. The fourth-order valence-corrected chi connectivity index (χ4v) is 5.31. The number of hydrogen-bond acceptors (Lipinski definition) is 6. The van der Waals surface area contributed by atoms with Gasteiger partial charge in [-0.15, -0.1) is 0 Å². The Morgan fingerprint density at radius 1 is 1.03 bits per heavy atom. The lowest BCUT2D eigenvalue weighted by Crippen LogP contribution is -2.48. The lowest BCUT2D eigenvalue weighted by Gasteiger charge is -2.25. The summed E-state index contributed by atoms with van der Waals surface area (Å²) in [5.41, 5.74) is 2.03. The summed E-state index contributed by atoms with van der Waals surface area (Å²) >= 11 is 0. The second-order valence-corrected chi connectivity index (χ2v) is 11.7. The van der Waals surface area contributed by atoms with Crippen LogP contribution in [0, 0.1) is 5.92 Å². The molecule has 8 heteroatoms. The van der Waals surface area contributed by atoms with E-state index in [9.17, 15) is 18.3 Å². The molecule has 0 aliphatic rings. The third kappa shape index (κ3) is 11.7. The number of carbonyl (C=O) groups excluding carboxylic acids is 1. The molecule has 2 aromatic carbocycles. The maximum atomic E-state index is 12.6. The molecule has 0 bridgehead atoms.